The van der Waals surface area contributed by atoms with E-state index in [2.05, 4.69) is 0 Å². The summed E-state index contributed by atoms with van der Waals surface area (Å²) in [5.74, 6) is -0.695. The standard InChI is InChI=1S/C13H22O4/c1-4-7-8-11(10-17-12(14)6-3)13(15)16-9-5-2/h8H,4-7,9-10H2,1-3H3. The Morgan fingerprint density at radius 1 is 1.06 bits per heavy atom. The molecule has 0 amide bonds. The van der Waals surface area contributed by atoms with Gasteiger partial charge in [-0.3, -0.25) is 4.79 Å². The minimum Gasteiger partial charge on any atom is -0.462 e. The van der Waals surface area contributed by atoms with Crippen molar-refractivity contribution in [3.05, 3.63) is 11.6 Å². The van der Waals surface area contributed by atoms with Gasteiger partial charge in [0, 0.05) is 6.42 Å². The Balaban J connectivity index is 4.32. The Morgan fingerprint density at radius 2 is 1.76 bits per heavy atom. The highest BCUT2D eigenvalue weighted by atomic mass is 16.5. The second-order valence-electron chi connectivity index (χ2n) is 3.67. The fourth-order valence-corrected chi connectivity index (χ4v) is 1.07. The van der Waals surface area contributed by atoms with E-state index in [1.807, 2.05) is 13.8 Å². The van der Waals surface area contributed by atoms with Gasteiger partial charge in [0.05, 0.1) is 12.2 Å². The van der Waals surface area contributed by atoms with E-state index in [0.29, 0.717) is 18.6 Å². The van der Waals surface area contributed by atoms with Crippen LogP contribution in [0.4, 0.5) is 0 Å². The van der Waals surface area contributed by atoms with Crippen molar-refractivity contribution in [1.29, 1.82) is 0 Å². The maximum atomic E-state index is 11.6. The molecule has 0 bridgehead atoms. The lowest BCUT2D eigenvalue weighted by Gasteiger charge is -2.08. The van der Waals surface area contributed by atoms with Crippen LogP contribution in [0.2, 0.25) is 0 Å². The lowest BCUT2D eigenvalue weighted by molar-refractivity contribution is -0.144. The largest absolute Gasteiger partial charge is 0.462 e. The molecular formula is C13H22O4. The predicted octanol–water partition coefficient (Wildman–Crippen LogP) is 2.62. The van der Waals surface area contributed by atoms with Gasteiger partial charge >= 0.3 is 11.9 Å². The van der Waals surface area contributed by atoms with Crippen LogP contribution < -0.4 is 0 Å². The molecule has 0 atom stereocenters. The van der Waals surface area contributed by atoms with Crippen molar-refractivity contribution >= 4 is 11.9 Å². The molecule has 0 aromatic rings. The number of rotatable bonds is 8. The predicted molar refractivity (Wildman–Crippen MR) is 65.5 cm³/mol. The molecule has 17 heavy (non-hydrogen) atoms. The van der Waals surface area contributed by atoms with Crippen molar-refractivity contribution in [2.75, 3.05) is 13.2 Å². The molecule has 0 aliphatic carbocycles. The lowest BCUT2D eigenvalue weighted by Crippen LogP contribution is -2.15. The third-order valence-electron chi connectivity index (χ3n) is 2.06. The van der Waals surface area contributed by atoms with E-state index in [1.165, 1.54) is 0 Å². The molecule has 0 aliphatic rings. The third kappa shape index (κ3) is 7.55. The molecule has 0 spiro atoms. The Hall–Kier alpha value is -1.32. The van der Waals surface area contributed by atoms with Crippen molar-refractivity contribution in [1.82, 2.24) is 0 Å². The zero-order valence-electron chi connectivity index (χ0n) is 11.0. The summed E-state index contributed by atoms with van der Waals surface area (Å²) in [7, 11) is 0. The minimum absolute atomic E-state index is 0.00915. The van der Waals surface area contributed by atoms with E-state index in [1.54, 1.807) is 13.0 Å². The van der Waals surface area contributed by atoms with Crippen LogP contribution in [-0.4, -0.2) is 25.2 Å². The number of carbonyl (C=O) groups is 2. The molecule has 0 aromatic carbocycles. The van der Waals surface area contributed by atoms with E-state index in [-0.39, 0.29) is 18.5 Å². The van der Waals surface area contributed by atoms with Gasteiger partial charge in [0.15, 0.2) is 0 Å². The second kappa shape index (κ2) is 9.87. The zero-order chi connectivity index (χ0) is 13.1. The van der Waals surface area contributed by atoms with E-state index < -0.39 is 0 Å². The highest BCUT2D eigenvalue weighted by molar-refractivity contribution is 5.89. The topological polar surface area (TPSA) is 52.6 Å². The van der Waals surface area contributed by atoms with Gasteiger partial charge < -0.3 is 9.47 Å². The summed E-state index contributed by atoms with van der Waals surface area (Å²) in [4.78, 5) is 22.7. The average Bonchev–Trinajstić information content (AvgIpc) is 2.35. The fourth-order valence-electron chi connectivity index (χ4n) is 1.07. The molecule has 4 heteroatoms. The van der Waals surface area contributed by atoms with Crippen molar-refractivity contribution in [2.45, 2.75) is 46.5 Å². The second-order valence-corrected chi connectivity index (χ2v) is 3.67. The molecule has 0 saturated carbocycles. The first kappa shape index (κ1) is 15.7. The molecule has 0 fully saturated rings. The van der Waals surface area contributed by atoms with E-state index >= 15 is 0 Å². The van der Waals surface area contributed by atoms with Crippen molar-refractivity contribution in [3.63, 3.8) is 0 Å². The minimum atomic E-state index is -0.385. The van der Waals surface area contributed by atoms with Gasteiger partial charge in [-0.2, -0.15) is 0 Å². The van der Waals surface area contributed by atoms with Crippen molar-refractivity contribution in [2.24, 2.45) is 0 Å². The van der Waals surface area contributed by atoms with Crippen LogP contribution in [0.5, 0.6) is 0 Å². The number of hydrogen-bond acceptors (Lipinski definition) is 4. The molecule has 0 unspecified atom stereocenters. The first-order valence-electron chi connectivity index (χ1n) is 6.17. The Bertz CT molecular complexity index is 269. The number of ether oxygens (including phenoxy) is 2. The van der Waals surface area contributed by atoms with Gasteiger partial charge in [-0.15, -0.1) is 0 Å². The van der Waals surface area contributed by atoms with Crippen molar-refractivity contribution in [3.8, 4) is 0 Å². The van der Waals surface area contributed by atoms with Gasteiger partial charge in [-0.1, -0.05) is 33.3 Å². The summed E-state index contributed by atoms with van der Waals surface area (Å²) in [6, 6.07) is 0. The first-order valence-corrected chi connectivity index (χ1v) is 6.17. The van der Waals surface area contributed by atoms with Crippen LogP contribution in [-0.2, 0) is 19.1 Å². The summed E-state index contributed by atoms with van der Waals surface area (Å²) >= 11 is 0. The number of hydrogen-bond donors (Lipinski definition) is 0. The summed E-state index contributed by atoms with van der Waals surface area (Å²) in [5, 5.41) is 0. The summed E-state index contributed by atoms with van der Waals surface area (Å²) < 4.78 is 9.96. The molecule has 0 radical (unpaired) electrons. The van der Waals surface area contributed by atoms with Gasteiger partial charge in [-0.25, -0.2) is 4.79 Å². The normalized spacial score (nSPS) is 11.1. The van der Waals surface area contributed by atoms with Crippen LogP contribution in [0.25, 0.3) is 0 Å². The quantitative estimate of drug-likeness (QED) is 0.485. The maximum absolute atomic E-state index is 11.6. The molecule has 0 aromatic heterocycles. The molecule has 4 nitrogen and oxygen atoms in total. The van der Waals surface area contributed by atoms with Crippen LogP contribution in [0.1, 0.15) is 46.5 Å². The third-order valence-corrected chi connectivity index (χ3v) is 2.06. The Labute approximate surface area is 103 Å². The lowest BCUT2D eigenvalue weighted by atomic mass is 10.2. The Morgan fingerprint density at radius 3 is 2.29 bits per heavy atom. The first-order chi connectivity index (χ1) is 8.15. The summed E-state index contributed by atoms with van der Waals surface area (Å²) in [5.41, 5.74) is 0.433. The molecule has 0 aliphatic heterocycles. The molecule has 0 heterocycles. The van der Waals surface area contributed by atoms with Crippen molar-refractivity contribution < 1.29 is 19.1 Å². The number of unbranched alkanes of at least 4 members (excludes halogenated alkanes) is 1. The van der Waals surface area contributed by atoms with Gasteiger partial charge in [0.2, 0.25) is 0 Å². The number of esters is 2. The number of carbonyl (C=O) groups excluding carboxylic acids is 2. The van der Waals surface area contributed by atoms with Gasteiger partial charge in [0.1, 0.15) is 6.61 Å². The highest BCUT2D eigenvalue weighted by Crippen LogP contribution is 2.04. The molecule has 0 N–H and O–H groups in total. The van der Waals surface area contributed by atoms with E-state index in [9.17, 15) is 9.59 Å². The summed E-state index contributed by atoms with van der Waals surface area (Å²) in [6.45, 7) is 6.07. The summed E-state index contributed by atoms with van der Waals surface area (Å²) in [6.07, 6.45) is 4.58. The smallest absolute Gasteiger partial charge is 0.337 e. The number of allylic oxidation sites excluding steroid dienone is 1. The fraction of sp³-hybridized carbons (Fsp3) is 0.692. The Kier molecular flexibility index (Phi) is 9.11. The van der Waals surface area contributed by atoms with E-state index in [4.69, 9.17) is 9.47 Å². The molecule has 0 saturated heterocycles. The maximum Gasteiger partial charge on any atom is 0.337 e. The van der Waals surface area contributed by atoms with Gasteiger partial charge in [0.25, 0.3) is 0 Å². The van der Waals surface area contributed by atoms with Gasteiger partial charge in [-0.05, 0) is 12.8 Å². The van der Waals surface area contributed by atoms with E-state index in [0.717, 1.165) is 19.3 Å². The monoisotopic (exact) mass is 242 g/mol. The van der Waals surface area contributed by atoms with Crippen LogP contribution >= 0.6 is 0 Å². The van der Waals surface area contributed by atoms with Crippen LogP contribution in [0.3, 0.4) is 0 Å². The average molecular weight is 242 g/mol. The highest BCUT2D eigenvalue weighted by Gasteiger charge is 2.12. The molecule has 98 valence electrons. The van der Waals surface area contributed by atoms with Crippen LogP contribution in [0.15, 0.2) is 11.6 Å². The zero-order valence-corrected chi connectivity index (χ0v) is 11.0. The molecule has 0 rings (SSSR count). The van der Waals surface area contributed by atoms with Crippen LogP contribution in [0, 0.1) is 0 Å². The molecular weight excluding hydrogens is 220 g/mol. The SMILES string of the molecule is CCCC=C(COC(=O)CC)C(=O)OCCC.